The minimum absolute atomic E-state index is 0.184. The van der Waals surface area contributed by atoms with E-state index in [0.717, 1.165) is 38.2 Å². The Labute approximate surface area is 215 Å². The first-order valence-electron chi connectivity index (χ1n) is 11.6. The number of nitrogens with one attached hydrogen (secondary N) is 1. The van der Waals surface area contributed by atoms with Gasteiger partial charge in [-0.15, -0.1) is 11.8 Å². The quantitative estimate of drug-likeness (QED) is 0.174. The molecule has 4 rings (SSSR count). The minimum atomic E-state index is -0.184. The van der Waals surface area contributed by atoms with Crippen molar-refractivity contribution < 1.29 is 14.3 Å². The van der Waals surface area contributed by atoms with Crippen LogP contribution in [0.2, 0.25) is 0 Å². The van der Waals surface area contributed by atoms with Crippen LogP contribution in [0.1, 0.15) is 27.9 Å². The molecule has 0 saturated carbocycles. The maximum atomic E-state index is 12.4. The second-order valence-electron chi connectivity index (χ2n) is 8.50. The van der Waals surface area contributed by atoms with Crippen molar-refractivity contribution in [2.45, 2.75) is 32.3 Å². The van der Waals surface area contributed by atoms with Crippen LogP contribution in [0.15, 0.2) is 76.7 Å². The fourth-order valence-electron chi connectivity index (χ4n) is 3.69. The molecule has 1 amide bonds. The summed E-state index contributed by atoms with van der Waals surface area (Å²) in [4.78, 5) is 18.1. The van der Waals surface area contributed by atoms with Gasteiger partial charge in [0.1, 0.15) is 6.61 Å². The van der Waals surface area contributed by atoms with E-state index in [4.69, 9.17) is 9.47 Å². The van der Waals surface area contributed by atoms with Gasteiger partial charge in [-0.25, -0.2) is 5.43 Å². The van der Waals surface area contributed by atoms with Gasteiger partial charge in [0.05, 0.1) is 24.6 Å². The van der Waals surface area contributed by atoms with E-state index in [1.807, 2.05) is 68.4 Å². The molecular formula is C29H29N3O3S. The molecule has 7 heteroatoms. The van der Waals surface area contributed by atoms with Gasteiger partial charge in [-0.2, -0.15) is 5.10 Å². The van der Waals surface area contributed by atoms with Gasteiger partial charge in [0.15, 0.2) is 11.5 Å². The van der Waals surface area contributed by atoms with Crippen LogP contribution in [0, 0.1) is 20.8 Å². The molecule has 1 aromatic heterocycles. The van der Waals surface area contributed by atoms with Crippen molar-refractivity contribution in [3.05, 3.63) is 94.7 Å². The van der Waals surface area contributed by atoms with Crippen LogP contribution in [-0.2, 0) is 11.4 Å². The number of carbonyl (C=O) groups is 1. The zero-order valence-electron chi connectivity index (χ0n) is 20.9. The fraction of sp³-hybridized carbons (Fsp3) is 0.207. The van der Waals surface area contributed by atoms with Crippen LogP contribution < -0.4 is 14.9 Å². The molecule has 1 heterocycles. The number of ether oxygens (including phenoxy) is 2. The van der Waals surface area contributed by atoms with Crippen molar-refractivity contribution in [2.24, 2.45) is 5.10 Å². The standard InChI is InChI=1S/C29H29N3O3S/c1-19-8-10-22(11-9-19)17-35-25-13-12-23(15-26(25)34-4)16-30-32-28(33)18-36-27-14-21(3)31-29-20(2)6-5-7-24(27)29/h5-16H,17-18H2,1-4H3,(H,32,33)/b30-16-. The second kappa shape index (κ2) is 11.7. The summed E-state index contributed by atoms with van der Waals surface area (Å²) < 4.78 is 11.4. The molecule has 0 aliphatic rings. The third-order valence-corrected chi connectivity index (χ3v) is 6.65. The van der Waals surface area contributed by atoms with Crippen LogP contribution in [0.25, 0.3) is 10.9 Å². The lowest BCUT2D eigenvalue weighted by Gasteiger charge is -2.11. The lowest BCUT2D eigenvalue weighted by Crippen LogP contribution is -2.19. The Morgan fingerprint density at radius 2 is 1.83 bits per heavy atom. The number of thioether (sulfide) groups is 1. The SMILES string of the molecule is COc1cc(/C=N\NC(=O)CSc2cc(C)nc3c(C)cccc23)ccc1OCc1ccc(C)cc1. The number of aromatic nitrogens is 1. The summed E-state index contributed by atoms with van der Waals surface area (Å²) in [5.41, 5.74) is 8.70. The van der Waals surface area contributed by atoms with Crippen molar-refractivity contribution in [1.82, 2.24) is 10.4 Å². The average Bonchev–Trinajstić information content (AvgIpc) is 2.88. The molecule has 0 aliphatic carbocycles. The molecule has 0 spiro atoms. The maximum absolute atomic E-state index is 12.4. The van der Waals surface area contributed by atoms with Gasteiger partial charge in [0.25, 0.3) is 0 Å². The van der Waals surface area contributed by atoms with Gasteiger partial charge in [-0.3, -0.25) is 9.78 Å². The lowest BCUT2D eigenvalue weighted by atomic mass is 10.1. The Kier molecular flexibility index (Phi) is 8.23. The zero-order valence-corrected chi connectivity index (χ0v) is 21.7. The van der Waals surface area contributed by atoms with Gasteiger partial charge in [-0.1, -0.05) is 48.0 Å². The van der Waals surface area contributed by atoms with Crippen molar-refractivity contribution in [1.29, 1.82) is 0 Å². The molecule has 6 nitrogen and oxygen atoms in total. The summed E-state index contributed by atoms with van der Waals surface area (Å²) in [5, 5.41) is 5.16. The second-order valence-corrected chi connectivity index (χ2v) is 9.52. The number of hydrazone groups is 1. The van der Waals surface area contributed by atoms with Gasteiger partial charge >= 0.3 is 0 Å². The highest BCUT2D eigenvalue weighted by atomic mass is 32.2. The van der Waals surface area contributed by atoms with Crippen molar-refractivity contribution in [3.63, 3.8) is 0 Å². The number of para-hydroxylation sites is 1. The van der Waals surface area contributed by atoms with Crippen LogP contribution >= 0.6 is 11.8 Å². The maximum Gasteiger partial charge on any atom is 0.250 e. The first-order chi connectivity index (χ1) is 17.4. The van der Waals surface area contributed by atoms with Crippen molar-refractivity contribution >= 4 is 34.8 Å². The van der Waals surface area contributed by atoms with E-state index in [0.29, 0.717) is 18.1 Å². The van der Waals surface area contributed by atoms with E-state index < -0.39 is 0 Å². The molecule has 184 valence electrons. The molecule has 0 aliphatic heterocycles. The largest absolute Gasteiger partial charge is 0.493 e. The van der Waals surface area contributed by atoms with Gasteiger partial charge in [0.2, 0.25) is 5.91 Å². The molecule has 0 unspecified atom stereocenters. The molecule has 1 N–H and O–H groups in total. The number of pyridine rings is 1. The molecule has 36 heavy (non-hydrogen) atoms. The number of amides is 1. The summed E-state index contributed by atoms with van der Waals surface area (Å²) in [7, 11) is 1.60. The predicted octanol–water partition coefficient (Wildman–Crippen LogP) is 5.99. The Morgan fingerprint density at radius 1 is 1.03 bits per heavy atom. The Bertz CT molecular complexity index is 1400. The molecule has 4 aromatic rings. The molecular weight excluding hydrogens is 470 g/mol. The van der Waals surface area contributed by atoms with Gasteiger partial charge in [-0.05, 0) is 61.7 Å². The van der Waals surface area contributed by atoms with Gasteiger partial charge in [0, 0.05) is 16.0 Å². The topological polar surface area (TPSA) is 72.8 Å². The summed E-state index contributed by atoms with van der Waals surface area (Å²) >= 11 is 1.48. The van der Waals surface area contributed by atoms with Gasteiger partial charge < -0.3 is 9.47 Å². The number of hydrogen-bond acceptors (Lipinski definition) is 6. The Balaban J connectivity index is 1.33. The number of hydrogen-bond donors (Lipinski definition) is 1. The summed E-state index contributed by atoms with van der Waals surface area (Å²) in [6.07, 6.45) is 1.59. The van der Waals surface area contributed by atoms with Crippen LogP contribution in [0.5, 0.6) is 11.5 Å². The number of aryl methyl sites for hydroxylation is 3. The summed E-state index contributed by atoms with van der Waals surface area (Å²) in [6, 6.07) is 21.8. The summed E-state index contributed by atoms with van der Waals surface area (Å²) in [5.74, 6) is 1.31. The van der Waals surface area contributed by atoms with E-state index >= 15 is 0 Å². The highest BCUT2D eigenvalue weighted by molar-refractivity contribution is 8.00. The first kappa shape index (κ1) is 25.3. The van der Waals surface area contributed by atoms with Crippen LogP contribution in [0.3, 0.4) is 0 Å². The minimum Gasteiger partial charge on any atom is -0.493 e. The van der Waals surface area contributed by atoms with Crippen LogP contribution in [0.4, 0.5) is 0 Å². The first-order valence-corrected chi connectivity index (χ1v) is 12.6. The lowest BCUT2D eigenvalue weighted by molar-refractivity contribution is -0.118. The predicted molar refractivity (Wildman–Crippen MR) is 146 cm³/mol. The number of rotatable bonds is 9. The molecule has 0 saturated heterocycles. The number of benzene rings is 3. The number of methoxy groups -OCH3 is 1. The summed E-state index contributed by atoms with van der Waals surface area (Å²) in [6.45, 7) is 6.51. The number of nitrogens with zero attached hydrogens (tertiary/aromatic N) is 2. The molecule has 0 atom stereocenters. The smallest absolute Gasteiger partial charge is 0.250 e. The van der Waals surface area contributed by atoms with E-state index in [1.54, 1.807) is 13.3 Å². The van der Waals surface area contributed by atoms with Crippen molar-refractivity contribution in [3.8, 4) is 11.5 Å². The third kappa shape index (κ3) is 6.43. The monoisotopic (exact) mass is 499 g/mol. The molecule has 0 radical (unpaired) electrons. The van der Waals surface area contributed by atoms with Crippen LogP contribution in [-0.4, -0.2) is 30.0 Å². The van der Waals surface area contributed by atoms with E-state index in [1.165, 1.54) is 17.3 Å². The highest BCUT2D eigenvalue weighted by Gasteiger charge is 2.09. The third-order valence-electron chi connectivity index (χ3n) is 5.60. The van der Waals surface area contributed by atoms with E-state index in [9.17, 15) is 4.79 Å². The Morgan fingerprint density at radius 3 is 2.61 bits per heavy atom. The normalized spacial score (nSPS) is 11.1. The number of fused-ring (bicyclic) bond motifs is 1. The average molecular weight is 500 g/mol. The molecule has 3 aromatic carbocycles. The number of carbonyl (C=O) groups excluding carboxylic acids is 1. The van der Waals surface area contributed by atoms with E-state index in [2.05, 4.69) is 34.6 Å². The molecule has 0 bridgehead atoms. The van der Waals surface area contributed by atoms with E-state index in [-0.39, 0.29) is 11.7 Å². The Hall–Kier alpha value is -3.84. The molecule has 0 fully saturated rings. The fourth-order valence-corrected chi connectivity index (χ4v) is 4.61. The zero-order chi connectivity index (χ0) is 25.5. The highest BCUT2D eigenvalue weighted by Crippen LogP contribution is 2.30. The van der Waals surface area contributed by atoms with Crippen molar-refractivity contribution in [2.75, 3.05) is 12.9 Å².